The predicted octanol–water partition coefficient (Wildman–Crippen LogP) is 2.83. The molecule has 0 aliphatic carbocycles. The summed E-state index contributed by atoms with van der Waals surface area (Å²) in [6.45, 7) is 4.10. The van der Waals surface area contributed by atoms with Gasteiger partial charge in [-0.3, -0.25) is 4.68 Å². The largest absolute Gasteiger partial charge is 0.506 e. The highest BCUT2D eigenvalue weighted by atomic mass is 32.1. The average Bonchev–Trinajstić information content (AvgIpc) is 3.31. The highest BCUT2D eigenvalue weighted by Crippen LogP contribution is 2.39. The van der Waals surface area contributed by atoms with Gasteiger partial charge in [-0.05, 0) is 44.5 Å². The molecule has 0 spiro atoms. The molecule has 1 saturated heterocycles. The summed E-state index contributed by atoms with van der Waals surface area (Å²) < 4.78 is 3.57. The number of phenols is 1. The lowest BCUT2D eigenvalue weighted by molar-refractivity contribution is 0.454. The maximum atomic E-state index is 10.7. The Labute approximate surface area is 154 Å². The Balaban J connectivity index is 1.58. The number of aromatic nitrogens is 5. The number of benzene rings is 1. The molecule has 0 unspecified atom stereocenters. The monoisotopic (exact) mass is 368 g/mol. The van der Waals surface area contributed by atoms with E-state index in [0.717, 1.165) is 63.6 Å². The van der Waals surface area contributed by atoms with Crippen molar-refractivity contribution >= 4 is 27.2 Å². The molecule has 3 aromatic heterocycles. The number of hydrogen-bond acceptors (Lipinski definition) is 6. The molecule has 7 nitrogen and oxygen atoms in total. The van der Waals surface area contributed by atoms with Crippen LogP contribution >= 0.6 is 11.3 Å². The summed E-state index contributed by atoms with van der Waals surface area (Å²) in [6, 6.07) is 1.96. The molecule has 0 atom stereocenters. The minimum absolute atomic E-state index is 0.231. The molecule has 0 bridgehead atoms. The van der Waals surface area contributed by atoms with E-state index in [1.165, 1.54) is 11.3 Å². The Kier molecular flexibility index (Phi) is 3.51. The van der Waals surface area contributed by atoms with Crippen LogP contribution < -0.4 is 5.32 Å². The van der Waals surface area contributed by atoms with Gasteiger partial charge in [0.1, 0.15) is 5.75 Å². The molecule has 8 heteroatoms. The molecule has 4 aromatic rings. The Bertz CT molecular complexity index is 1090. The lowest BCUT2D eigenvalue weighted by Crippen LogP contribution is -2.26. The van der Waals surface area contributed by atoms with Crippen molar-refractivity contribution in [3.63, 3.8) is 0 Å². The number of aryl methyl sites for hydroxylation is 2. The molecule has 0 radical (unpaired) electrons. The Morgan fingerprint density at radius 2 is 2.04 bits per heavy atom. The van der Waals surface area contributed by atoms with Crippen LogP contribution in [0.1, 0.15) is 30.0 Å². The molecule has 0 amide bonds. The molecule has 1 aliphatic heterocycles. The third-order valence-corrected chi connectivity index (χ3v) is 6.08. The maximum absolute atomic E-state index is 10.7. The second-order valence-electron chi connectivity index (χ2n) is 6.98. The summed E-state index contributed by atoms with van der Waals surface area (Å²) in [4.78, 5) is 5.67. The van der Waals surface area contributed by atoms with Crippen LogP contribution in [0, 0.1) is 6.92 Å². The number of imidazole rings is 1. The number of phenolic OH excluding ortho intramolecular Hbond substituents is 1. The highest BCUT2D eigenvalue weighted by molar-refractivity contribution is 7.19. The molecule has 26 heavy (non-hydrogen) atoms. The van der Waals surface area contributed by atoms with Crippen LogP contribution in [0.4, 0.5) is 0 Å². The van der Waals surface area contributed by atoms with Crippen molar-refractivity contribution in [2.75, 3.05) is 13.1 Å². The highest BCUT2D eigenvalue weighted by Gasteiger charge is 2.21. The van der Waals surface area contributed by atoms with Crippen molar-refractivity contribution < 1.29 is 5.11 Å². The van der Waals surface area contributed by atoms with Crippen molar-refractivity contribution in [3.05, 3.63) is 29.7 Å². The molecule has 1 aromatic carbocycles. The van der Waals surface area contributed by atoms with Gasteiger partial charge in [0.05, 0.1) is 28.4 Å². The lowest BCUT2D eigenvalue weighted by atomic mass is 9.95. The predicted molar refractivity (Wildman–Crippen MR) is 102 cm³/mol. The van der Waals surface area contributed by atoms with Gasteiger partial charge < -0.3 is 10.4 Å². The number of fused-ring (bicyclic) bond motifs is 2. The summed E-state index contributed by atoms with van der Waals surface area (Å²) >= 11 is 1.51. The van der Waals surface area contributed by atoms with E-state index >= 15 is 0 Å². The number of rotatable bonds is 2. The molecule has 5 rings (SSSR count). The Morgan fingerprint density at radius 3 is 2.81 bits per heavy atom. The molecule has 4 heterocycles. The number of piperidine rings is 1. The van der Waals surface area contributed by atoms with Crippen molar-refractivity contribution in [2.24, 2.45) is 7.05 Å². The van der Waals surface area contributed by atoms with Gasteiger partial charge >= 0.3 is 0 Å². The van der Waals surface area contributed by atoms with Crippen LogP contribution in [0.3, 0.4) is 0 Å². The average molecular weight is 368 g/mol. The summed E-state index contributed by atoms with van der Waals surface area (Å²) in [5.74, 6) is 0.741. The number of nitrogens with zero attached hydrogens (tertiary/aromatic N) is 5. The van der Waals surface area contributed by atoms with E-state index in [1.54, 1.807) is 4.68 Å². The molecular weight excluding hydrogens is 348 g/mol. The normalized spacial score (nSPS) is 16.1. The minimum Gasteiger partial charge on any atom is -0.506 e. The second kappa shape index (κ2) is 5.78. The summed E-state index contributed by atoms with van der Waals surface area (Å²) in [6.07, 6.45) is 6.12. The quantitative estimate of drug-likeness (QED) is 0.569. The molecular formula is C18H20N6OS. The van der Waals surface area contributed by atoms with Crippen molar-refractivity contribution in [2.45, 2.75) is 25.7 Å². The fourth-order valence-electron chi connectivity index (χ4n) is 3.75. The molecule has 1 fully saturated rings. The summed E-state index contributed by atoms with van der Waals surface area (Å²) in [7, 11) is 1.86. The smallest absolute Gasteiger partial charge is 0.212 e. The number of nitrogens with one attached hydrogen (secondary N) is 1. The Morgan fingerprint density at radius 1 is 1.23 bits per heavy atom. The first-order valence-electron chi connectivity index (χ1n) is 8.83. The van der Waals surface area contributed by atoms with Gasteiger partial charge in [-0.25, -0.2) is 9.50 Å². The first-order valence-corrected chi connectivity index (χ1v) is 9.65. The van der Waals surface area contributed by atoms with Crippen LogP contribution in [0.15, 0.2) is 18.5 Å². The van der Waals surface area contributed by atoms with E-state index in [0.29, 0.717) is 5.92 Å². The van der Waals surface area contributed by atoms with E-state index in [1.807, 2.05) is 36.9 Å². The van der Waals surface area contributed by atoms with Crippen LogP contribution in [0.5, 0.6) is 5.75 Å². The van der Waals surface area contributed by atoms with E-state index in [2.05, 4.69) is 15.5 Å². The zero-order valence-corrected chi connectivity index (χ0v) is 15.5. The number of hydrogen-bond donors (Lipinski definition) is 2. The lowest BCUT2D eigenvalue weighted by Gasteiger charge is -2.20. The van der Waals surface area contributed by atoms with Crippen molar-refractivity contribution in [1.82, 2.24) is 29.7 Å². The van der Waals surface area contributed by atoms with Gasteiger partial charge in [0.15, 0.2) is 5.01 Å². The van der Waals surface area contributed by atoms with E-state index in [9.17, 15) is 5.11 Å². The summed E-state index contributed by atoms with van der Waals surface area (Å²) in [5.41, 5.74) is 3.71. The van der Waals surface area contributed by atoms with Gasteiger partial charge in [0, 0.05) is 19.2 Å². The fraction of sp³-hybridized carbons (Fsp3) is 0.389. The molecule has 2 N–H and O–H groups in total. The van der Waals surface area contributed by atoms with Gasteiger partial charge in [0.25, 0.3) is 0 Å². The van der Waals surface area contributed by atoms with Gasteiger partial charge in [0.2, 0.25) is 4.96 Å². The zero-order chi connectivity index (χ0) is 17.8. The first kappa shape index (κ1) is 15.8. The third-order valence-electron chi connectivity index (χ3n) is 5.12. The van der Waals surface area contributed by atoms with E-state index in [-0.39, 0.29) is 5.75 Å². The van der Waals surface area contributed by atoms with E-state index in [4.69, 9.17) is 4.98 Å². The van der Waals surface area contributed by atoms with Crippen LogP contribution in [-0.4, -0.2) is 42.6 Å². The van der Waals surface area contributed by atoms with Crippen LogP contribution in [0.25, 0.3) is 26.4 Å². The van der Waals surface area contributed by atoms with Crippen molar-refractivity contribution in [1.29, 1.82) is 0 Å². The van der Waals surface area contributed by atoms with Crippen LogP contribution in [-0.2, 0) is 7.05 Å². The van der Waals surface area contributed by atoms with Gasteiger partial charge in [-0.2, -0.15) is 10.2 Å². The van der Waals surface area contributed by atoms with Gasteiger partial charge in [-0.15, -0.1) is 0 Å². The number of aromatic hydroxyl groups is 1. The first-order chi connectivity index (χ1) is 12.6. The van der Waals surface area contributed by atoms with Gasteiger partial charge in [-0.1, -0.05) is 11.3 Å². The molecule has 0 saturated carbocycles. The SMILES string of the molecule is Cc1cc(-c2nn3cc(C4CCNCC4)nc3s2)c(O)c2cn(C)nc12. The van der Waals surface area contributed by atoms with Crippen LogP contribution in [0.2, 0.25) is 0 Å². The third kappa shape index (κ3) is 2.40. The Hall–Kier alpha value is -2.45. The zero-order valence-electron chi connectivity index (χ0n) is 14.7. The standard InChI is InChI=1S/C18H20N6OS/c1-10-7-12(16(25)13-8-23(2)21-15(10)13)17-22-24-9-14(20-18(24)26-17)11-3-5-19-6-4-11/h7-9,11,19,25H,3-6H2,1-2H3. The van der Waals surface area contributed by atoms with Crippen molar-refractivity contribution in [3.8, 4) is 16.3 Å². The summed E-state index contributed by atoms with van der Waals surface area (Å²) in [5, 5.41) is 24.8. The van der Waals surface area contributed by atoms with E-state index < -0.39 is 0 Å². The molecule has 134 valence electrons. The fourth-order valence-corrected chi connectivity index (χ4v) is 4.66. The topological polar surface area (TPSA) is 80.3 Å². The maximum Gasteiger partial charge on any atom is 0.212 e. The minimum atomic E-state index is 0.231. The molecule has 1 aliphatic rings. The second-order valence-corrected chi connectivity index (χ2v) is 7.94.